The van der Waals surface area contributed by atoms with Crippen LogP contribution in [-0.2, 0) is 13.1 Å². The number of hydrogen-bond donors (Lipinski definition) is 2. The minimum atomic E-state index is -0.312. The highest BCUT2D eigenvalue weighted by molar-refractivity contribution is 5.06. The zero-order valence-electron chi connectivity index (χ0n) is 6.70. The zero-order chi connectivity index (χ0) is 8.27. The van der Waals surface area contributed by atoms with E-state index in [0.29, 0.717) is 13.1 Å². The van der Waals surface area contributed by atoms with Crippen LogP contribution in [0.15, 0.2) is 18.3 Å². The lowest BCUT2D eigenvalue weighted by Gasteiger charge is -2.08. The van der Waals surface area contributed by atoms with Gasteiger partial charge in [0.05, 0.1) is 6.10 Å². The Labute approximate surface area is 66.4 Å². The van der Waals surface area contributed by atoms with E-state index in [-0.39, 0.29) is 6.10 Å². The number of hydrogen-bond acceptors (Lipinski definition) is 2. The molecule has 0 aliphatic heterocycles. The number of nitrogens with two attached hydrogens (primary N) is 1. The highest BCUT2D eigenvalue weighted by Gasteiger charge is 2.00. The van der Waals surface area contributed by atoms with E-state index in [1.165, 1.54) is 0 Å². The van der Waals surface area contributed by atoms with Crippen LogP contribution in [0.25, 0.3) is 0 Å². The molecular formula is C8H14N2O. The van der Waals surface area contributed by atoms with Crippen LogP contribution >= 0.6 is 0 Å². The van der Waals surface area contributed by atoms with E-state index in [4.69, 9.17) is 10.8 Å². The van der Waals surface area contributed by atoms with Crippen LogP contribution in [0, 0.1) is 0 Å². The van der Waals surface area contributed by atoms with Crippen LogP contribution in [0.4, 0.5) is 0 Å². The Morgan fingerprint density at radius 2 is 2.45 bits per heavy atom. The lowest BCUT2D eigenvalue weighted by atomic mass is 10.4. The summed E-state index contributed by atoms with van der Waals surface area (Å²) < 4.78 is 1.96. The first kappa shape index (κ1) is 8.30. The van der Waals surface area contributed by atoms with Gasteiger partial charge in [-0.1, -0.05) is 0 Å². The van der Waals surface area contributed by atoms with Gasteiger partial charge in [0.15, 0.2) is 0 Å². The summed E-state index contributed by atoms with van der Waals surface area (Å²) in [6, 6.07) is 3.90. The summed E-state index contributed by atoms with van der Waals surface area (Å²) in [7, 11) is 0. The average molecular weight is 154 g/mol. The van der Waals surface area contributed by atoms with Crippen LogP contribution in [0.2, 0.25) is 0 Å². The van der Waals surface area contributed by atoms with E-state index < -0.39 is 0 Å². The Hall–Kier alpha value is -0.800. The van der Waals surface area contributed by atoms with E-state index in [0.717, 1.165) is 5.69 Å². The molecule has 1 unspecified atom stereocenters. The molecule has 0 amide bonds. The Morgan fingerprint density at radius 1 is 1.73 bits per heavy atom. The van der Waals surface area contributed by atoms with E-state index >= 15 is 0 Å². The highest BCUT2D eigenvalue weighted by Crippen LogP contribution is 2.01. The van der Waals surface area contributed by atoms with Gasteiger partial charge in [0.2, 0.25) is 0 Å². The van der Waals surface area contributed by atoms with Crippen molar-refractivity contribution < 1.29 is 5.11 Å². The molecule has 0 bridgehead atoms. The number of aliphatic hydroxyl groups is 1. The smallest absolute Gasteiger partial charge is 0.0690 e. The van der Waals surface area contributed by atoms with Gasteiger partial charge in [-0.15, -0.1) is 0 Å². The second kappa shape index (κ2) is 3.55. The lowest BCUT2D eigenvalue weighted by molar-refractivity contribution is 0.172. The Morgan fingerprint density at radius 3 is 3.00 bits per heavy atom. The van der Waals surface area contributed by atoms with Gasteiger partial charge in [0, 0.05) is 25.0 Å². The van der Waals surface area contributed by atoms with Crippen LogP contribution < -0.4 is 5.73 Å². The fourth-order valence-electron chi connectivity index (χ4n) is 1.10. The second-order valence-corrected chi connectivity index (χ2v) is 2.71. The molecule has 11 heavy (non-hydrogen) atoms. The molecule has 0 aliphatic carbocycles. The Bertz CT molecular complexity index is 218. The largest absolute Gasteiger partial charge is 0.392 e. The molecule has 1 aromatic rings. The first-order chi connectivity index (χ1) is 5.24. The van der Waals surface area contributed by atoms with Crippen molar-refractivity contribution in [2.24, 2.45) is 5.73 Å². The van der Waals surface area contributed by atoms with Crippen molar-refractivity contribution in [3.8, 4) is 0 Å². The molecule has 1 atom stereocenters. The molecule has 0 spiro atoms. The predicted octanol–water partition coefficient (Wildman–Crippen LogP) is 0.328. The number of aromatic nitrogens is 1. The van der Waals surface area contributed by atoms with Crippen molar-refractivity contribution in [3.63, 3.8) is 0 Å². The van der Waals surface area contributed by atoms with Crippen LogP contribution in [-0.4, -0.2) is 15.8 Å². The molecular weight excluding hydrogens is 140 g/mol. The van der Waals surface area contributed by atoms with Crippen LogP contribution in [0.5, 0.6) is 0 Å². The summed E-state index contributed by atoms with van der Waals surface area (Å²) in [5.41, 5.74) is 6.53. The molecule has 0 aliphatic rings. The van der Waals surface area contributed by atoms with Crippen molar-refractivity contribution in [2.45, 2.75) is 26.1 Å². The van der Waals surface area contributed by atoms with Crippen molar-refractivity contribution in [3.05, 3.63) is 24.0 Å². The van der Waals surface area contributed by atoms with Gasteiger partial charge in [0.1, 0.15) is 0 Å². The van der Waals surface area contributed by atoms with E-state index in [9.17, 15) is 0 Å². The molecule has 3 N–H and O–H groups in total. The van der Waals surface area contributed by atoms with Crippen LogP contribution in [0.3, 0.4) is 0 Å². The molecule has 0 radical (unpaired) electrons. The maximum atomic E-state index is 9.08. The lowest BCUT2D eigenvalue weighted by Crippen LogP contribution is -2.14. The SMILES string of the molecule is CC(O)Cn1cccc1CN. The Balaban J connectivity index is 2.68. The van der Waals surface area contributed by atoms with Gasteiger partial charge < -0.3 is 15.4 Å². The minimum Gasteiger partial charge on any atom is -0.392 e. The number of aliphatic hydroxyl groups excluding tert-OH is 1. The van der Waals surface area contributed by atoms with Crippen LogP contribution in [0.1, 0.15) is 12.6 Å². The standard InChI is InChI=1S/C8H14N2O/c1-7(11)6-10-4-2-3-8(10)5-9/h2-4,7,11H,5-6,9H2,1H3. The maximum Gasteiger partial charge on any atom is 0.0690 e. The second-order valence-electron chi connectivity index (χ2n) is 2.71. The quantitative estimate of drug-likeness (QED) is 0.659. The molecule has 3 heteroatoms. The van der Waals surface area contributed by atoms with E-state index in [2.05, 4.69) is 0 Å². The van der Waals surface area contributed by atoms with E-state index in [1.807, 2.05) is 22.9 Å². The monoisotopic (exact) mass is 154 g/mol. The van der Waals surface area contributed by atoms with Crippen molar-refractivity contribution in [1.29, 1.82) is 0 Å². The number of rotatable bonds is 3. The zero-order valence-corrected chi connectivity index (χ0v) is 6.70. The topological polar surface area (TPSA) is 51.2 Å². The predicted molar refractivity (Wildman–Crippen MR) is 44.0 cm³/mol. The highest BCUT2D eigenvalue weighted by atomic mass is 16.3. The summed E-state index contributed by atoms with van der Waals surface area (Å²) in [6.45, 7) is 2.92. The van der Waals surface area contributed by atoms with Gasteiger partial charge >= 0.3 is 0 Å². The summed E-state index contributed by atoms with van der Waals surface area (Å²) in [6.07, 6.45) is 1.61. The summed E-state index contributed by atoms with van der Waals surface area (Å²) >= 11 is 0. The molecule has 1 aromatic heterocycles. The molecule has 0 saturated heterocycles. The molecule has 1 rings (SSSR count). The van der Waals surface area contributed by atoms with Gasteiger partial charge in [-0.2, -0.15) is 0 Å². The minimum absolute atomic E-state index is 0.312. The fourth-order valence-corrected chi connectivity index (χ4v) is 1.10. The Kier molecular flexibility index (Phi) is 2.68. The third-order valence-electron chi connectivity index (χ3n) is 1.59. The molecule has 62 valence electrons. The summed E-state index contributed by atoms with van der Waals surface area (Å²) in [4.78, 5) is 0. The molecule has 0 aromatic carbocycles. The van der Waals surface area contributed by atoms with Crippen molar-refractivity contribution in [2.75, 3.05) is 0 Å². The van der Waals surface area contributed by atoms with Gasteiger partial charge in [-0.05, 0) is 19.1 Å². The first-order valence-corrected chi connectivity index (χ1v) is 3.76. The molecule has 0 saturated carbocycles. The fraction of sp³-hybridized carbons (Fsp3) is 0.500. The summed E-state index contributed by atoms with van der Waals surface area (Å²) in [5, 5.41) is 9.08. The number of nitrogens with zero attached hydrogens (tertiary/aromatic N) is 1. The average Bonchev–Trinajstić information content (AvgIpc) is 2.34. The molecule has 1 heterocycles. The van der Waals surface area contributed by atoms with Crippen molar-refractivity contribution in [1.82, 2.24) is 4.57 Å². The maximum absolute atomic E-state index is 9.08. The third kappa shape index (κ3) is 2.06. The third-order valence-corrected chi connectivity index (χ3v) is 1.59. The van der Waals surface area contributed by atoms with E-state index in [1.54, 1.807) is 6.92 Å². The van der Waals surface area contributed by atoms with Crippen molar-refractivity contribution >= 4 is 0 Å². The van der Waals surface area contributed by atoms with Gasteiger partial charge in [-0.3, -0.25) is 0 Å². The molecule has 3 nitrogen and oxygen atoms in total. The molecule has 0 fully saturated rings. The normalized spacial score (nSPS) is 13.4. The van der Waals surface area contributed by atoms with Gasteiger partial charge in [0.25, 0.3) is 0 Å². The summed E-state index contributed by atoms with van der Waals surface area (Å²) in [5.74, 6) is 0. The first-order valence-electron chi connectivity index (χ1n) is 3.76. The van der Waals surface area contributed by atoms with Gasteiger partial charge in [-0.25, -0.2) is 0 Å².